The molecular formula is C21H33Cl2N3O3S. The number of rotatable bonds is 1. The standard InChI is InChI=1S/C21H31N3O3S.2ClH/c1-23-9-10-24(15-20(23)5-12-26-13-6-20)19(25)17-14-16-2-11-27-21(18(16)28-17)3-7-22-8-4-21;;/h14,22H,2-13,15H2,1H3;2*1H. The van der Waals surface area contributed by atoms with Crippen LogP contribution >= 0.6 is 36.2 Å². The summed E-state index contributed by atoms with van der Waals surface area (Å²) in [6.45, 7) is 6.92. The Hall–Kier alpha value is -0.410. The van der Waals surface area contributed by atoms with Gasteiger partial charge in [-0.25, -0.2) is 0 Å². The van der Waals surface area contributed by atoms with Crippen LogP contribution in [0.15, 0.2) is 6.07 Å². The summed E-state index contributed by atoms with van der Waals surface area (Å²) in [7, 11) is 2.20. The van der Waals surface area contributed by atoms with Gasteiger partial charge in [0, 0.05) is 43.3 Å². The number of ether oxygens (including phenoxy) is 2. The van der Waals surface area contributed by atoms with Gasteiger partial charge in [-0.3, -0.25) is 9.69 Å². The number of thiophene rings is 1. The van der Waals surface area contributed by atoms with Gasteiger partial charge in [0.25, 0.3) is 5.91 Å². The predicted molar refractivity (Wildman–Crippen MR) is 124 cm³/mol. The van der Waals surface area contributed by atoms with Gasteiger partial charge >= 0.3 is 0 Å². The van der Waals surface area contributed by atoms with Gasteiger partial charge < -0.3 is 19.7 Å². The van der Waals surface area contributed by atoms with Crippen molar-refractivity contribution in [3.05, 3.63) is 21.4 Å². The summed E-state index contributed by atoms with van der Waals surface area (Å²) in [4.78, 5) is 20.2. The topological polar surface area (TPSA) is 54.0 Å². The summed E-state index contributed by atoms with van der Waals surface area (Å²) in [5.41, 5.74) is 1.27. The lowest BCUT2D eigenvalue weighted by Crippen LogP contribution is -2.63. The summed E-state index contributed by atoms with van der Waals surface area (Å²) in [5, 5.41) is 3.44. The van der Waals surface area contributed by atoms with E-state index in [1.54, 1.807) is 11.3 Å². The number of amides is 1. The molecule has 0 unspecified atom stereocenters. The summed E-state index contributed by atoms with van der Waals surface area (Å²) >= 11 is 1.70. The zero-order valence-corrected chi connectivity index (χ0v) is 20.1. The fourth-order valence-electron chi connectivity index (χ4n) is 5.41. The quantitative estimate of drug-likeness (QED) is 0.673. The Morgan fingerprint density at radius 2 is 1.83 bits per heavy atom. The Morgan fingerprint density at radius 1 is 1.10 bits per heavy atom. The Morgan fingerprint density at radius 3 is 2.57 bits per heavy atom. The first-order valence-corrected chi connectivity index (χ1v) is 11.5. The van der Waals surface area contributed by atoms with Crippen LogP contribution in [0, 0.1) is 0 Å². The molecule has 0 bridgehead atoms. The number of halogens is 2. The molecule has 1 aromatic heterocycles. The van der Waals surface area contributed by atoms with E-state index in [0.717, 1.165) is 89.5 Å². The van der Waals surface area contributed by atoms with Crippen LogP contribution in [0.25, 0.3) is 0 Å². The fourth-order valence-corrected chi connectivity index (χ4v) is 6.79. The first kappa shape index (κ1) is 24.2. The van der Waals surface area contributed by atoms with Crippen molar-refractivity contribution >= 4 is 42.1 Å². The Bertz CT molecular complexity index is 748. The number of nitrogens with zero attached hydrogens (tertiary/aromatic N) is 2. The third-order valence-corrected chi connectivity index (χ3v) is 8.66. The molecule has 170 valence electrons. The Labute approximate surface area is 195 Å². The van der Waals surface area contributed by atoms with Crippen molar-refractivity contribution in [1.29, 1.82) is 0 Å². The molecular weight excluding hydrogens is 445 g/mol. The second-order valence-electron chi connectivity index (χ2n) is 8.79. The number of piperidine rings is 1. The first-order valence-electron chi connectivity index (χ1n) is 10.7. The maximum atomic E-state index is 13.5. The van der Waals surface area contributed by atoms with Gasteiger partial charge in [0.1, 0.15) is 5.60 Å². The second kappa shape index (κ2) is 9.61. The average Bonchev–Trinajstić information content (AvgIpc) is 3.17. The largest absolute Gasteiger partial charge is 0.381 e. The lowest BCUT2D eigenvalue weighted by atomic mass is 9.85. The minimum atomic E-state index is -0.161. The molecule has 0 atom stereocenters. The fraction of sp³-hybridized carbons (Fsp3) is 0.762. The average molecular weight is 478 g/mol. The zero-order valence-electron chi connectivity index (χ0n) is 17.6. The SMILES string of the molecule is CN1CCN(C(=O)c2cc3c(s2)C2(CCNCC2)OCC3)CC12CCOCC2.Cl.Cl. The van der Waals surface area contributed by atoms with Gasteiger partial charge in [-0.05, 0) is 63.9 Å². The molecule has 5 heterocycles. The highest BCUT2D eigenvalue weighted by molar-refractivity contribution is 7.14. The van der Waals surface area contributed by atoms with Crippen molar-refractivity contribution in [3.63, 3.8) is 0 Å². The van der Waals surface area contributed by atoms with Crippen molar-refractivity contribution < 1.29 is 14.3 Å². The van der Waals surface area contributed by atoms with E-state index >= 15 is 0 Å². The molecule has 1 amide bonds. The molecule has 4 aliphatic rings. The van der Waals surface area contributed by atoms with Crippen molar-refractivity contribution in [2.45, 2.75) is 43.2 Å². The van der Waals surface area contributed by atoms with Gasteiger partial charge in [0.05, 0.1) is 11.5 Å². The molecule has 0 aliphatic carbocycles. The van der Waals surface area contributed by atoms with Crippen molar-refractivity contribution in [2.24, 2.45) is 0 Å². The number of carbonyl (C=O) groups excluding carboxylic acids is 1. The number of hydrogen-bond acceptors (Lipinski definition) is 6. The van der Waals surface area contributed by atoms with E-state index in [-0.39, 0.29) is 41.9 Å². The van der Waals surface area contributed by atoms with Crippen LogP contribution in [0.3, 0.4) is 0 Å². The zero-order chi connectivity index (χ0) is 19.2. The highest BCUT2D eigenvalue weighted by Crippen LogP contribution is 2.44. The van der Waals surface area contributed by atoms with Crippen LogP contribution in [-0.4, -0.2) is 80.8 Å². The highest BCUT2D eigenvalue weighted by Gasteiger charge is 2.44. The van der Waals surface area contributed by atoms with E-state index in [4.69, 9.17) is 9.47 Å². The first-order chi connectivity index (χ1) is 13.6. The summed E-state index contributed by atoms with van der Waals surface area (Å²) in [6, 6.07) is 2.17. The van der Waals surface area contributed by atoms with Crippen LogP contribution in [0.1, 0.15) is 45.8 Å². The van der Waals surface area contributed by atoms with E-state index in [9.17, 15) is 4.79 Å². The van der Waals surface area contributed by atoms with E-state index in [0.29, 0.717) is 0 Å². The van der Waals surface area contributed by atoms with E-state index in [2.05, 4.69) is 28.2 Å². The molecule has 0 aromatic carbocycles. The molecule has 4 aliphatic heterocycles. The third kappa shape index (κ3) is 4.15. The number of hydrogen-bond donors (Lipinski definition) is 1. The molecule has 30 heavy (non-hydrogen) atoms. The van der Waals surface area contributed by atoms with E-state index < -0.39 is 0 Å². The van der Waals surface area contributed by atoms with E-state index in [1.165, 1.54) is 10.4 Å². The molecule has 9 heteroatoms. The molecule has 5 rings (SSSR count). The van der Waals surface area contributed by atoms with Crippen LogP contribution in [0.5, 0.6) is 0 Å². The summed E-state index contributed by atoms with van der Waals surface area (Å²) in [6.07, 6.45) is 4.96. The van der Waals surface area contributed by atoms with Gasteiger partial charge in [0.15, 0.2) is 0 Å². The molecule has 2 spiro atoms. The number of likely N-dealkylation sites (N-methyl/N-ethyl adjacent to an activating group) is 1. The summed E-state index contributed by atoms with van der Waals surface area (Å²) < 4.78 is 11.9. The van der Waals surface area contributed by atoms with Crippen molar-refractivity contribution in [3.8, 4) is 0 Å². The van der Waals surface area contributed by atoms with Crippen LogP contribution in [0.2, 0.25) is 0 Å². The van der Waals surface area contributed by atoms with Crippen molar-refractivity contribution in [1.82, 2.24) is 15.1 Å². The highest BCUT2D eigenvalue weighted by atomic mass is 35.5. The number of carbonyl (C=O) groups is 1. The van der Waals surface area contributed by atoms with Crippen LogP contribution in [0.4, 0.5) is 0 Å². The molecule has 1 aromatic rings. The van der Waals surface area contributed by atoms with Gasteiger partial charge in [-0.1, -0.05) is 0 Å². The van der Waals surface area contributed by atoms with Crippen LogP contribution in [-0.2, 0) is 21.5 Å². The molecule has 3 fully saturated rings. The third-order valence-electron chi connectivity index (χ3n) is 7.31. The molecule has 0 radical (unpaired) electrons. The Kier molecular flexibility index (Phi) is 7.76. The van der Waals surface area contributed by atoms with Crippen molar-refractivity contribution in [2.75, 3.05) is 59.6 Å². The number of fused-ring (bicyclic) bond motifs is 2. The second-order valence-corrected chi connectivity index (χ2v) is 9.84. The van der Waals surface area contributed by atoms with Gasteiger partial charge in [0.2, 0.25) is 0 Å². The predicted octanol–water partition coefficient (Wildman–Crippen LogP) is 2.68. The Balaban J connectivity index is 0.00000128. The molecule has 1 N–H and O–H groups in total. The summed E-state index contributed by atoms with van der Waals surface area (Å²) in [5.74, 6) is 0.211. The number of piperazine rings is 1. The number of nitrogens with one attached hydrogen (secondary N) is 1. The van der Waals surface area contributed by atoms with E-state index in [1.807, 2.05) is 0 Å². The minimum absolute atomic E-state index is 0. The monoisotopic (exact) mass is 477 g/mol. The maximum absolute atomic E-state index is 13.5. The van der Waals surface area contributed by atoms with Gasteiger partial charge in [-0.15, -0.1) is 36.2 Å². The smallest absolute Gasteiger partial charge is 0.264 e. The lowest BCUT2D eigenvalue weighted by Gasteiger charge is -2.51. The maximum Gasteiger partial charge on any atom is 0.264 e. The van der Waals surface area contributed by atoms with Crippen LogP contribution < -0.4 is 5.32 Å². The molecule has 6 nitrogen and oxygen atoms in total. The minimum Gasteiger partial charge on any atom is -0.381 e. The van der Waals surface area contributed by atoms with Gasteiger partial charge in [-0.2, -0.15) is 0 Å². The normalized spacial score (nSPS) is 25.3. The molecule has 3 saturated heterocycles. The lowest BCUT2D eigenvalue weighted by molar-refractivity contribution is -0.0771. The molecule has 0 saturated carbocycles.